The van der Waals surface area contributed by atoms with Gasteiger partial charge in [-0.2, -0.15) is 0 Å². The smallest absolute Gasteiger partial charge is 0.0622 e. The molecule has 2 rings (SSSR count). The van der Waals surface area contributed by atoms with Gasteiger partial charge < -0.3 is 4.90 Å². The first kappa shape index (κ1) is 26.6. The molecule has 1 unspecified atom stereocenters. The van der Waals surface area contributed by atoms with Crippen LogP contribution in [-0.4, -0.2) is 17.0 Å². The second-order valence-corrected chi connectivity index (χ2v) is 10.4. The van der Waals surface area contributed by atoms with Crippen molar-refractivity contribution in [1.82, 2.24) is 0 Å². The van der Waals surface area contributed by atoms with Gasteiger partial charge in [-0.15, -0.1) is 0 Å². The summed E-state index contributed by atoms with van der Waals surface area (Å²) in [5, 5.41) is 0. The number of anilines is 2. The van der Waals surface area contributed by atoms with Crippen LogP contribution >= 0.6 is 0 Å². The lowest BCUT2D eigenvalue weighted by molar-refractivity contribution is 0.536. The molecule has 32 heavy (non-hydrogen) atoms. The summed E-state index contributed by atoms with van der Waals surface area (Å²) in [6.45, 7) is 3.25. The van der Waals surface area contributed by atoms with Gasteiger partial charge in [-0.1, -0.05) is 121 Å². The highest BCUT2D eigenvalue weighted by Crippen LogP contribution is 2.30. The fraction of sp³-hybridized carbons (Fsp3) is 0.586. The molecule has 2 aromatic rings. The van der Waals surface area contributed by atoms with E-state index < -0.39 is 10.8 Å². The Morgan fingerprint density at radius 2 is 1.09 bits per heavy atom. The molecule has 2 nitrogen and oxygen atoms in total. The molecule has 0 saturated heterocycles. The highest BCUT2D eigenvalue weighted by molar-refractivity contribution is 7.84. The van der Waals surface area contributed by atoms with Crippen molar-refractivity contribution in [3.63, 3.8) is 0 Å². The van der Waals surface area contributed by atoms with Gasteiger partial charge >= 0.3 is 0 Å². The summed E-state index contributed by atoms with van der Waals surface area (Å²) in [7, 11) is -0.995. The van der Waals surface area contributed by atoms with E-state index in [9.17, 15) is 4.21 Å². The van der Waals surface area contributed by atoms with Gasteiger partial charge in [0.25, 0.3) is 0 Å². The zero-order valence-electron chi connectivity index (χ0n) is 20.6. The van der Waals surface area contributed by atoms with Gasteiger partial charge in [-0.25, -0.2) is 0 Å². The van der Waals surface area contributed by atoms with Crippen molar-refractivity contribution in [3.05, 3.63) is 54.6 Å². The molecule has 0 amide bonds. The van der Waals surface area contributed by atoms with Crippen molar-refractivity contribution in [2.75, 3.05) is 17.7 Å². The molecule has 0 aromatic heterocycles. The maximum absolute atomic E-state index is 12.3. The fourth-order valence-corrected chi connectivity index (χ4v) is 5.13. The quantitative estimate of drug-likeness (QED) is 0.209. The Kier molecular flexibility index (Phi) is 14.1. The minimum Gasteiger partial charge on any atom is -0.341 e. The van der Waals surface area contributed by atoms with Crippen LogP contribution in [0.4, 0.5) is 11.4 Å². The molecule has 2 aromatic carbocycles. The highest BCUT2D eigenvalue weighted by atomic mass is 32.2. The predicted octanol–water partition coefficient (Wildman–Crippen LogP) is 9.04. The van der Waals surface area contributed by atoms with Crippen LogP contribution in [0.5, 0.6) is 0 Å². The molecular formula is C29H45NOS. The molecule has 0 aliphatic rings. The first-order chi connectivity index (χ1) is 15.7. The fourth-order valence-electron chi connectivity index (χ4n) is 4.38. The van der Waals surface area contributed by atoms with Crippen LogP contribution in [0.1, 0.15) is 96.8 Å². The largest absolute Gasteiger partial charge is 0.341 e. The van der Waals surface area contributed by atoms with Crippen molar-refractivity contribution in [2.45, 2.75) is 102 Å². The van der Waals surface area contributed by atoms with Gasteiger partial charge in [0.05, 0.1) is 21.4 Å². The summed E-state index contributed by atoms with van der Waals surface area (Å²) in [4.78, 5) is 3.26. The summed E-state index contributed by atoms with van der Waals surface area (Å²) >= 11 is 0. The van der Waals surface area contributed by atoms with E-state index in [-0.39, 0.29) is 0 Å². The molecular weight excluding hydrogens is 410 g/mol. The highest BCUT2D eigenvalue weighted by Gasteiger charge is 2.14. The zero-order valence-corrected chi connectivity index (χ0v) is 21.4. The van der Waals surface area contributed by atoms with Gasteiger partial charge in [-0.3, -0.25) is 4.21 Å². The third-order valence-electron chi connectivity index (χ3n) is 6.27. The Labute approximate surface area is 200 Å². The molecule has 1 atom stereocenters. The lowest BCUT2D eigenvalue weighted by Gasteiger charge is -2.27. The minimum atomic E-state index is -0.995. The summed E-state index contributed by atoms with van der Waals surface area (Å²) in [6.07, 6.45) is 21.0. The van der Waals surface area contributed by atoms with E-state index in [1.54, 1.807) is 6.26 Å². The lowest BCUT2D eigenvalue weighted by Crippen LogP contribution is -2.20. The van der Waals surface area contributed by atoms with E-state index in [0.29, 0.717) is 0 Å². The summed E-state index contributed by atoms with van der Waals surface area (Å²) in [5.74, 6) is 0. The van der Waals surface area contributed by atoms with Crippen LogP contribution in [0.2, 0.25) is 0 Å². The Morgan fingerprint density at radius 1 is 0.625 bits per heavy atom. The summed E-state index contributed by atoms with van der Waals surface area (Å²) < 4.78 is 12.3. The topological polar surface area (TPSA) is 20.3 Å². The standard InChI is InChI=1S/C29H45NOS/c1-3-4-5-6-7-8-9-10-11-12-13-14-15-21-26-30(27-22-17-16-18-23-27)28-24-19-20-25-29(28)32(2)31/h16-20,22-25H,3-15,21,26H2,1-2H3. The maximum atomic E-state index is 12.3. The van der Waals surface area contributed by atoms with Crippen molar-refractivity contribution < 1.29 is 4.21 Å². The summed E-state index contributed by atoms with van der Waals surface area (Å²) in [6, 6.07) is 18.7. The molecule has 178 valence electrons. The molecule has 0 N–H and O–H groups in total. The average Bonchev–Trinajstić information content (AvgIpc) is 2.82. The van der Waals surface area contributed by atoms with Crippen LogP contribution in [0, 0.1) is 0 Å². The van der Waals surface area contributed by atoms with Gasteiger partial charge in [0.2, 0.25) is 0 Å². The number of nitrogens with zero attached hydrogens (tertiary/aromatic N) is 1. The molecule has 3 heteroatoms. The van der Waals surface area contributed by atoms with Crippen LogP contribution in [0.15, 0.2) is 59.5 Å². The van der Waals surface area contributed by atoms with E-state index in [1.165, 1.54) is 89.2 Å². The second-order valence-electron chi connectivity index (χ2n) is 9.01. The SMILES string of the molecule is CCCCCCCCCCCCCCCCN(c1ccccc1)c1ccccc1S(C)=O. The van der Waals surface area contributed by atoms with Crippen molar-refractivity contribution >= 4 is 22.2 Å². The molecule has 0 aliphatic carbocycles. The number of para-hydroxylation sites is 2. The van der Waals surface area contributed by atoms with Crippen molar-refractivity contribution in [1.29, 1.82) is 0 Å². The predicted molar refractivity (Wildman–Crippen MR) is 143 cm³/mol. The van der Waals surface area contributed by atoms with E-state index in [1.807, 2.05) is 18.2 Å². The number of unbranched alkanes of at least 4 members (excludes halogenated alkanes) is 13. The lowest BCUT2D eigenvalue weighted by atomic mass is 10.0. The van der Waals surface area contributed by atoms with E-state index >= 15 is 0 Å². The number of hydrogen-bond acceptors (Lipinski definition) is 2. The molecule has 0 fully saturated rings. The third-order valence-corrected chi connectivity index (χ3v) is 7.23. The number of benzene rings is 2. The monoisotopic (exact) mass is 455 g/mol. The van der Waals surface area contributed by atoms with Crippen LogP contribution in [0.25, 0.3) is 0 Å². The molecule has 0 aliphatic heterocycles. The maximum Gasteiger partial charge on any atom is 0.0622 e. The minimum absolute atomic E-state index is 0.918. The van der Waals surface area contributed by atoms with E-state index in [0.717, 1.165) is 23.5 Å². The molecule has 0 radical (unpaired) electrons. The zero-order chi connectivity index (χ0) is 22.9. The van der Waals surface area contributed by atoms with Gasteiger partial charge in [0, 0.05) is 18.5 Å². The van der Waals surface area contributed by atoms with Crippen LogP contribution in [-0.2, 0) is 10.8 Å². The van der Waals surface area contributed by atoms with Crippen molar-refractivity contribution in [3.8, 4) is 0 Å². The Balaban J connectivity index is 1.67. The first-order valence-electron chi connectivity index (χ1n) is 13.0. The van der Waals surface area contributed by atoms with E-state index in [2.05, 4.69) is 48.2 Å². The Hall–Kier alpha value is -1.61. The molecule has 0 heterocycles. The van der Waals surface area contributed by atoms with Gasteiger partial charge in [0.15, 0.2) is 0 Å². The van der Waals surface area contributed by atoms with Crippen LogP contribution in [0.3, 0.4) is 0 Å². The average molecular weight is 456 g/mol. The first-order valence-corrected chi connectivity index (χ1v) is 14.5. The van der Waals surface area contributed by atoms with Crippen LogP contribution < -0.4 is 4.90 Å². The van der Waals surface area contributed by atoms with Crippen molar-refractivity contribution in [2.24, 2.45) is 0 Å². The number of hydrogen-bond donors (Lipinski definition) is 0. The Bertz CT molecular complexity index is 746. The molecule has 0 bridgehead atoms. The molecule has 0 saturated carbocycles. The second kappa shape index (κ2) is 16.9. The van der Waals surface area contributed by atoms with E-state index in [4.69, 9.17) is 0 Å². The van der Waals surface area contributed by atoms with Gasteiger partial charge in [0.1, 0.15) is 0 Å². The molecule has 0 spiro atoms. The number of rotatable bonds is 18. The summed E-state index contributed by atoms with van der Waals surface area (Å²) in [5.41, 5.74) is 2.26. The normalized spacial score (nSPS) is 12.1. The third kappa shape index (κ3) is 10.3. The van der Waals surface area contributed by atoms with Gasteiger partial charge in [-0.05, 0) is 30.7 Å². The Morgan fingerprint density at radius 3 is 1.62 bits per heavy atom.